The summed E-state index contributed by atoms with van der Waals surface area (Å²) < 4.78 is 1.50. The highest BCUT2D eigenvalue weighted by atomic mass is 35.5. The Morgan fingerprint density at radius 2 is 2.20 bits per heavy atom. The van der Waals surface area contributed by atoms with Crippen LogP contribution in [-0.4, -0.2) is 19.7 Å². The topological polar surface area (TPSA) is 112 Å². The SMILES string of the molecule is Cc1nn(Cc2nc(NN)ccc2Cl)c(C)c1[N+](=O)[O-]. The summed E-state index contributed by atoms with van der Waals surface area (Å²) in [6.45, 7) is 3.46. The standard InChI is InChI=1S/C11H13ClN6O2/c1-6-11(18(19)20)7(2)17(16-6)5-9-8(12)3-4-10(14-9)15-13/h3-4H,5,13H2,1-2H3,(H,14,15). The molecule has 0 aliphatic rings. The van der Waals surface area contributed by atoms with Crippen LogP contribution in [0.4, 0.5) is 11.5 Å². The molecule has 0 aliphatic carbocycles. The first kappa shape index (κ1) is 14.2. The number of rotatable bonds is 4. The monoisotopic (exact) mass is 296 g/mol. The van der Waals surface area contributed by atoms with E-state index in [1.54, 1.807) is 26.0 Å². The fraction of sp³-hybridized carbons (Fsp3) is 0.273. The zero-order chi connectivity index (χ0) is 14.9. The fourth-order valence-corrected chi connectivity index (χ4v) is 2.09. The van der Waals surface area contributed by atoms with Crippen LogP contribution in [0.15, 0.2) is 12.1 Å². The Kier molecular flexibility index (Phi) is 3.86. The van der Waals surface area contributed by atoms with Crippen LogP contribution in [0.5, 0.6) is 0 Å². The van der Waals surface area contributed by atoms with Crippen molar-refractivity contribution in [2.24, 2.45) is 5.84 Å². The maximum Gasteiger partial charge on any atom is 0.312 e. The highest BCUT2D eigenvalue weighted by Gasteiger charge is 2.22. The molecule has 0 atom stereocenters. The molecule has 0 saturated carbocycles. The van der Waals surface area contributed by atoms with Gasteiger partial charge in [-0.25, -0.2) is 10.8 Å². The van der Waals surface area contributed by atoms with E-state index in [9.17, 15) is 10.1 Å². The van der Waals surface area contributed by atoms with E-state index < -0.39 is 4.92 Å². The number of hydrazine groups is 1. The molecule has 0 radical (unpaired) electrons. The molecule has 2 aromatic heterocycles. The number of pyridine rings is 1. The normalized spacial score (nSPS) is 10.6. The second-order valence-corrected chi connectivity index (χ2v) is 4.61. The van der Waals surface area contributed by atoms with E-state index in [-0.39, 0.29) is 12.2 Å². The Labute approximate surface area is 119 Å². The number of nitrogen functional groups attached to an aromatic ring is 1. The van der Waals surface area contributed by atoms with Gasteiger partial charge >= 0.3 is 5.69 Å². The first-order valence-electron chi connectivity index (χ1n) is 5.74. The largest absolute Gasteiger partial charge is 0.312 e. The minimum Gasteiger partial charge on any atom is -0.308 e. The van der Waals surface area contributed by atoms with Gasteiger partial charge in [-0.05, 0) is 26.0 Å². The van der Waals surface area contributed by atoms with Crippen molar-refractivity contribution in [2.75, 3.05) is 5.43 Å². The molecule has 2 aromatic rings. The maximum atomic E-state index is 11.0. The summed E-state index contributed by atoms with van der Waals surface area (Å²) in [5.74, 6) is 5.75. The molecule has 8 nitrogen and oxygen atoms in total. The second-order valence-electron chi connectivity index (χ2n) is 4.20. The summed E-state index contributed by atoms with van der Waals surface area (Å²) in [5.41, 5.74) is 3.77. The molecule has 2 heterocycles. The van der Waals surface area contributed by atoms with Gasteiger partial charge in [0.15, 0.2) is 0 Å². The molecule has 0 aromatic carbocycles. The number of anilines is 1. The number of nitrogens with two attached hydrogens (primary N) is 1. The average molecular weight is 297 g/mol. The molecule has 3 N–H and O–H groups in total. The molecule has 0 aliphatic heterocycles. The molecule has 0 unspecified atom stereocenters. The van der Waals surface area contributed by atoms with E-state index in [4.69, 9.17) is 17.4 Å². The van der Waals surface area contributed by atoms with Crippen molar-refractivity contribution < 1.29 is 4.92 Å². The molecule has 20 heavy (non-hydrogen) atoms. The molecular formula is C11H13ClN6O2. The molecule has 106 valence electrons. The van der Waals surface area contributed by atoms with E-state index in [0.29, 0.717) is 27.9 Å². The lowest BCUT2D eigenvalue weighted by Gasteiger charge is -2.07. The minimum atomic E-state index is -0.443. The molecule has 9 heteroatoms. The molecule has 0 fully saturated rings. The number of aromatic nitrogens is 3. The van der Waals surface area contributed by atoms with Crippen molar-refractivity contribution in [1.29, 1.82) is 0 Å². The summed E-state index contributed by atoms with van der Waals surface area (Å²) in [4.78, 5) is 14.7. The van der Waals surface area contributed by atoms with Gasteiger partial charge in [-0.15, -0.1) is 0 Å². The van der Waals surface area contributed by atoms with Crippen LogP contribution in [0, 0.1) is 24.0 Å². The Morgan fingerprint density at radius 3 is 2.75 bits per heavy atom. The van der Waals surface area contributed by atoms with Gasteiger partial charge in [0.2, 0.25) is 0 Å². The average Bonchev–Trinajstić information content (AvgIpc) is 2.67. The molecule has 0 bridgehead atoms. The van der Waals surface area contributed by atoms with E-state index in [0.717, 1.165) is 0 Å². The first-order chi connectivity index (χ1) is 9.43. The lowest BCUT2D eigenvalue weighted by molar-refractivity contribution is -0.386. The van der Waals surface area contributed by atoms with Crippen LogP contribution in [0.2, 0.25) is 5.02 Å². The number of nitrogens with zero attached hydrogens (tertiary/aromatic N) is 4. The number of halogens is 1. The summed E-state index contributed by atoms with van der Waals surface area (Å²) in [5, 5.41) is 15.6. The molecule has 0 saturated heterocycles. The van der Waals surface area contributed by atoms with Crippen LogP contribution in [-0.2, 0) is 6.54 Å². The maximum absolute atomic E-state index is 11.0. The van der Waals surface area contributed by atoms with Gasteiger partial charge in [0.1, 0.15) is 17.2 Å². The van der Waals surface area contributed by atoms with Crippen molar-refractivity contribution in [3.05, 3.63) is 44.4 Å². The van der Waals surface area contributed by atoms with Gasteiger partial charge < -0.3 is 5.43 Å². The number of hydrogen-bond acceptors (Lipinski definition) is 6. The van der Waals surface area contributed by atoms with Crippen LogP contribution < -0.4 is 11.3 Å². The zero-order valence-corrected chi connectivity index (χ0v) is 11.7. The van der Waals surface area contributed by atoms with Crippen LogP contribution in [0.3, 0.4) is 0 Å². The van der Waals surface area contributed by atoms with Crippen LogP contribution >= 0.6 is 11.6 Å². The summed E-state index contributed by atoms with van der Waals surface area (Å²) in [7, 11) is 0. The summed E-state index contributed by atoms with van der Waals surface area (Å²) in [6, 6.07) is 3.29. The Hall–Kier alpha value is -2.19. The Bertz CT molecular complexity index is 669. The summed E-state index contributed by atoms with van der Waals surface area (Å²) >= 11 is 6.06. The lowest BCUT2D eigenvalue weighted by atomic mass is 10.3. The summed E-state index contributed by atoms with van der Waals surface area (Å²) in [6.07, 6.45) is 0. The van der Waals surface area contributed by atoms with Gasteiger partial charge in [0.05, 0.1) is 22.2 Å². The predicted molar refractivity (Wildman–Crippen MR) is 74.5 cm³/mol. The predicted octanol–water partition coefficient (Wildman–Crippen LogP) is 1.79. The van der Waals surface area contributed by atoms with Gasteiger partial charge in [-0.1, -0.05) is 11.6 Å². The Morgan fingerprint density at radius 1 is 1.50 bits per heavy atom. The van der Waals surface area contributed by atoms with E-state index >= 15 is 0 Å². The molecule has 0 amide bonds. The van der Waals surface area contributed by atoms with Gasteiger partial charge in [-0.3, -0.25) is 14.8 Å². The second kappa shape index (κ2) is 5.43. The van der Waals surface area contributed by atoms with E-state index in [1.165, 1.54) is 4.68 Å². The van der Waals surface area contributed by atoms with Crippen molar-refractivity contribution in [1.82, 2.24) is 14.8 Å². The van der Waals surface area contributed by atoms with Gasteiger partial charge in [-0.2, -0.15) is 5.10 Å². The smallest absolute Gasteiger partial charge is 0.308 e. The molecule has 0 spiro atoms. The van der Waals surface area contributed by atoms with Crippen molar-refractivity contribution in [2.45, 2.75) is 20.4 Å². The van der Waals surface area contributed by atoms with Crippen LogP contribution in [0.25, 0.3) is 0 Å². The number of aryl methyl sites for hydroxylation is 1. The Balaban J connectivity index is 2.40. The van der Waals surface area contributed by atoms with Crippen molar-refractivity contribution >= 4 is 23.1 Å². The third kappa shape index (κ3) is 2.56. The highest BCUT2D eigenvalue weighted by Crippen LogP contribution is 2.24. The number of hydrogen-bond donors (Lipinski definition) is 2. The van der Waals surface area contributed by atoms with Crippen LogP contribution in [0.1, 0.15) is 17.1 Å². The first-order valence-corrected chi connectivity index (χ1v) is 6.12. The third-order valence-corrected chi connectivity index (χ3v) is 3.24. The fourth-order valence-electron chi connectivity index (χ4n) is 1.92. The van der Waals surface area contributed by atoms with Gasteiger partial charge in [0.25, 0.3) is 0 Å². The van der Waals surface area contributed by atoms with Crippen molar-refractivity contribution in [3.63, 3.8) is 0 Å². The zero-order valence-electron chi connectivity index (χ0n) is 10.9. The van der Waals surface area contributed by atoms with Crippen molar-refractivity contribution in [3.8, 4) is 0 Å². The third-order valence-electron chi connectivity index (χ3n) is 2.89. The van der Waals surface area contributed by atoms with E-state index in [1.807, 2.05) is 0 Å². The molecular weight excluding hydrogens is 284 g/mol. The number of nitro groups is 1. The molecule has 2 rings (SSSR count). The highest BCUT2D eigenvalue weighted by molar-refractivity contribution is 6.31. The van der Waals surface area contributed by atoms with Gasteiger partial charge in [0, 0.05) is 0 Å². The lowest BCUT2D eigenvalue weighted by Crippen LogP contribution is -2.12. The van der Waals surface area contributed by atoms with E-state index in [2.05, 4.69) is 15.5 Å². The number of nitrogens with one attached hydrogen (secondary N) is 1. The minimum absolute atomic E-state index is 0.00854. The quantitative estimate of drug-likeness (QED) is 0.505.